The molecule has 4 heteroatoms. The summed E-state index contributed by atoms with van der Waals surface area (Å²) in [6.07, 6.45) is -1.52. The summed E-state index contributed by atoms with van der Waals surface area (Å²) in [6, 6.07) is 8.43. The first-order chi connectivity index (χ1) is 6.61. The molecule has 0 aliphatic heterocycles. The number of aliphatic hydroxyl groups excluding tert-OH is 1. The standard InChI is InChI=1S/C10H10O4/c1-7(9(11)12)10(13)14-8-5-3-2-4-6-8/h2-6,10,13H,1H2,(H,11,12). The summed E-state index contributed by atoms with van der Waals surface area (Å²) in [6.45, 7) is 3.18. The van der Waals surface area contributed by atoms with Gasteiger partial charge in [-0.1, -0.05) is 24.8 Å². The molecule has 1 aromatic carbocycles. The predicted molar refractivity (Wildman–Crippen MR) is 49.9 cm³/mol. The highest BCUT2D eigenvalue weighted by Crippen LogP contribution is 2.12. The zero-order valence-electron chi connectivity index (χ0n) is 7.38. The molecular formula is C10H10O4. The third-order valence-electron chi connectivity index (χ3n) is 1.56. The van der Waals surface area contributed by atoms with Crippen LogP contribution in [0.25, 0.3) is 0 Å². The smallest absolute Gasteiger partial charge is 0.337 e. The van der Waals surface area contributed by atoms with Crippen LogP contribution in [0.2, 0.25) is 0 Å². The van der Waals surface area contributed by atoms with Gasteiger partial charge < -0.3 is 14.9 Å². The number of para-hydroxylation sites is 1. The van der Waals surface area contributed by atoms with Crippen molar-refractivity contribution in [2.24, 2.45) is 0 Å². The summed E-state index contributed by atoms with van der Waals surface area (Å²) in [5, 5.41) is 17.7. The van der Waals surface area contributed by atoms with Gasteiger partial charge >= 0.3 is 5.97 Å². The molecule has 0 aromatic heterocycles. The van der Waals surface area contributed by atoms with Crippen LogP contribution in [0.1, 0.15) is 0 Å². The van der Waals surface area contributed by atoms with Crippen molar-refractivity contribution in [1.29, 1.82) is 0 Å². The second-order valence-corrected chi connectivity index (χ2v) is 2.61. The van der Waals surface area contributed by atoms with E-state index in [1.54, 1.807) is 30.3 Å². The first-order valence-electron chi connectivity index (χ1n) is 3.93. The van der Waals surface area contributed by atoms with Crippen molar-refractivity contribution < 1.29 is 19.7 Å². The second kappa shape index (κ2) is 4.43. The van der Waals surface area contributed by atoms with Crippen molar-refractivity contribution >= 4 is 5.97 Å². The SMILES string of the molecule is C=C(C(=O)O)C(O)Oc1ccccc1. The lowest BCUT2D eigenvalue weighted by Crippen LogP contribution is -2.22. The number of ether oxygens (including phenoxy) is 1. The minimum Gasteiger partial charge on any atom is -0.478 e. The first kappa shape index (κ1) is 10.3. The van der Waals surface area contributed by atoms with Gasteiger partial charge in [-0.15, -0.1) is 0 Å². The monoisotopic (exact) mass is 194 g/mol. The lowest BCUT2D eigenvalue weighted by molar-refractivity contribution is -0.135. The number of benzene rings is 1. The highest BCUT2D eigenvalue weighted by molar-refractivity contribution is 5.86. The molecule has 14 heavy (non-hydrogen) atoms. The minimum atomic E-state index is -1.52. The lowest BCUT2D eigenvalue weighted by Gasteiger charge is -2.12. The molecule has 0 fully saturated rings. The van der Waals surface area contributed by atoms with E-state index in [0.29, 0.717) is 5.75 Å². The maximum atomic E-state index is 10.4. The van der Waals surface area contributed by atoms with Gasteiger partial charge in [0.25, 0.3) is 0 Å². The molecule has 0 radical (unpaired) electrons. The van der Waals surface area contributed by atoms with Crippen molar-refractivity contribution in [2.75, 3.05) is 0 Å². The largest absolute Gasteiger partial charge is 0.478 e. The Bertz CT molecular complexity index is 331. The van der Waals surface area contributed by atoms with Gasteiger partial charge in [0.1, 0.15) is 5.75 Å². The van der Waals surface area contributed by atoms with Gasteiger partial charge in [-0.25, -0.2) is 4.79 Å². The third kappa shape index (κ3) is 2.60. The number of carboxylic acids is 1. The van der Waals surface area contributed by atoms with Crippen LogP contribution in [-0.4, -0.2) is 22.5 Å². The molecular weight excluding hydrogens is 184 g/mol. The van der Waals surface area contributed by atoms with Crippen LogP contribution in [0.4, 0.5) is 0 Å². The maximum absolute atomic E-state index is 10.4. The molecule has 1 rings (SSSR count). The van der Waals surface area contributed by atoms with Crippen LogP contribution in [0.15, 0.2) is 42.5 Å². The Morgan fingerprint density at radius 3 is 2.43 bits per heavy atom. The highest BCUT2D eigenvalue weighted by Gasteiger charge is 2.16. The van der Waals surface area contributed by atoms with E-state index in [1.165, 1.54) is 0 Å². The van der Waals surface area contributed by atoms with E-state index in [1.807, 2.05) is 0 Å². The van der Waals surface area contributed by atoms with Crippen LogP contribution in [-0.2, 0) is 4.79 Å². The van der Waals surface area contributed by atoms with Crippen LogP contribution in [0.5, 0.6) is 5.75 Å². The Balaban J connectivity index is 2.62. The molecule has 1 aromatic rings. The molecule has 0 spiro atoms. The summed E-state index contributed by atoms with van der Waals surface area (Å²) >= 11 is 0. The molecule has 0 amide bonds. The van der Waals surface area contributed by atoms with Crippen molar-refractivity contribution in [3.63, 3.8) is 0 Å². The molecule has 2 N–H and O–H groups in total. The molecule has 0 saturated carbocycles. The van der Waals surface area contributed by atoms with Gasteiger partial charge in [0.15, 0.2) is 0 Å². The van der Waals surface area contributed by atoms with Gasteiger partial charge in [0.05, 0.1) is 5.57 Å². The van der Waals surface area contributed by atoms with Gasteiger partial charge in [-0.2, -0.15) is 0 Å². The van der Waals surface area contributed by atoms with E-state index in [2.05, 4.69) is 6.58 Å². The average molecular weight is 194 g/mol. The molecule has 1 unspecified atom stereocenters. The Labute approximate surface area is 81.1 Å². The number of aliphatic hydroxyl groups is 1. The van der Waals surface area contributed by atoms with Gasteiger partial charge in [-0.3, -0.25) is 0 Å². The fourth-order valence-corrected chi connectivity index (χ4v) is 0.805. The summed E-state index contributed by atoms with van der Waals surface area (Å²) in [5.74, 6) is -0.893. The number of hydrogen-bond acceptors (Lipinski definition) is 3. The maximum Gasteiger partial charge on any atom is 0.337 e. The summed E-state index contributed by atoms with van der Waals surface area (Å²) in [5.41, 5.74) is -0.395. The first-order valence-corrected chi connectivity index (χ1v) is 3.93. The Hall–Kier alpha value is -1.81. The number of aliphatic carboxylic acids is 1. The van der Waals surface area contributed by atoms with Gasteiger partial charge in [0.2, 0.25) is 6.29 Å². The van der Waals surface area contributed by atoms with Crippen molar-refractivity contribution in [3.8, 4) is 5.75 Å². The van der Waals surface area contributed by atoms with E-state index in [9.17, 15) is 9.90 Å². The van der Waals surface area contributed by atoms with E-state index in [4.69, 9.17) is 9.84 Å². The van der Waals surface area contributed by atoms with Crippen molar-refractivity contribution in [1.82, 2.24) is 0 Å². The number of hydrogen-bond donors (Lipinski definition) is 2. The molecule has 0 saturated heterocycles. The number of carbonyl (C=O) groups is 1. The fraction of sp³-hybridized carbons (Fsp3) is 0.100. The molecule has 0 aliphatic carbocycles. The number of carboxylic acid groups (broad SMARTS) is 1. The van der Waals surface area contributed by atoms with E-state index >= 15 is 0 Å². The van der Waals surface area contributed by atoms with E-state index < -0.39 is 17.8 Å². The van der Waals surface area contributed by atoms with Crippen LogP contribution < -0.4 is 4.74 Å². The zero-order chi connectivity index (χ0) is 10.6. The van der Waals surface area contributed by atoms with E-state index in [-0.39, 0.29) is 0 Å². The van der Waals surface area contributed by atoms with Gasteiger partial charge in [-0.05, 0) is 12.1 Å². The molecule has 4 nitrogen and oxygen atoms in total. The Morgan fingerprint density at radius 2 is 1.93 bits per heavy atom. The van der Waals surface area contributed by atoms with Crippen LogP contribution >= 0.6 is 0 Å². The summed E-state index contributed by atoms with van der Waals surface area (Å²) in [4.78, 5) is 10.4. The normalized spacial score (nSPS) is 11.8. The molecule has 1 atom stereocenters. The van der Waals surface area contributed by atoms with Crippen LogP contribution in [0.3, 0.4) is 0 Å². The minimum absolute atomic E-state index is 0.391. The third-order valence-corrected chi connectivity index (χ3v) is 1.56. The second-order valence-electron chi connectivity index (χ2n) is 2.61. The quantitative estimate of drug-likeness (QED) is 0.554. The van der Waals surface area contributed by atoms with Gasteiger partial charge in [0, 0.05) is 0 Å². The Morgan fingerprint density at radius 1 is 1.36 bits per heavy atom. The number of rotatable bonds is 4. The van der Waals surface area contributed by atoms with Crippen molar-refractivity contribution in [3.05, 3.63) is 42.5 Å². The highest BCUT2D eigenvalue weighted by atomic mass is 16.6. The molecule has 0 aliphatic rings. The van der Waals surface area contributed by atoms with Crippen molar-refractivity contribution in [2.45, 2.75) is 6.29 Å². The topological polar surface area (TPSA) is 66.8 Å². The summed E-state index contributed by atoms with van der Waals surface area (Å²) in [7, 11) is 0. The fourth-order valence-electron chi connectivity index (χ4n) is 0.805. The zero-order valence-corrected chi connectivity index (χ0v) is 7.38. The predicted octanol–water partition coefficient (Wildman–Crippen LogP) is 1.02. The summed E-state index contributed by atoms with van der Waals surface area (Å²) < 4.78 is 4.91. The lowest BCUT2D eigenvalue weighted by atomic mass is 10.3. The average Bonchev–Trinajstić information content (AvgIpc) is 2.18. The van der Waals surface area contributed by atoms with Crippen LogP contribution in [0, 0.1) is 0 Å². The molecule has 0 heterocycles. The van der Waals surface area contributed by atoms with E-state index in [0.717, 1.165) is 0 Å². The molecule has 0 bridgehead atoms. The molecule has 74 valence electrons. The Kier molecular flexibility index (Phi) is 3.25.